The number of methoxy groups -OCH3 is 1. The minimum atomic E-state index is -1.30. The summed E-state index contributed by atoms with van der Waals surface area (Å²) in [5.74, 6) is -1.98. The number of nitrogens with one attached hydrogen (secondary N) is 1. The highest BCUT2D eigenvalue weighted by atomic mass is 19.1. The van der Waals surface area contributed by atoms with Crippen LogP contribution in [0.15, 0.2) is 35.3 Å². The van der Waals surface area contributed by atoms with Gasteiger partial charge in [-0.2, -0.15) is 0 Å². The summed E-state index contributed by atoms with van der Waals surface area (Å²) in [5, 5.41) is 9.06. The van der Waals surface area contributed by atoms with E-state index in [9.17, 15) is 14.0 Å². The Kier molecular flexibility index (Phi) is 3.33. The van der Waals surface area contributed by atoms with Crippen LogP contribution in [0.3, 0.4) is 0 Å². The summed E-state index contributed by atoms with van der Waals surface area (Å²) in [6.07, 6.45) is 1.17. The lowest BCUT2D eigenvalue weighted by Crippen LogP contribution is -2.11. The third-order valence-corrected chi connectivity index (χ3v) is 2.63. The fourth-order valence-electron chi connectivity index (χ4n) is 1.75. The van der Waals surface area contributed by atoms with Crippen molar-refractivity contribution in [1.29, 1.82) is 0 Å². The second-order valence-corrected chi connectivity index (χ2v) is 3.75. The van der Waals surface area contributed by atoms with Crippen molar-refractivity contribution >= 4 is 5.97 Å². The van der Waals surface area contributed by atoms with Crippen LogP contribution in [-0.2, 0) is 0 Å². The van der Waals surface area contributed by atoms with Gasteiger partial charge in [0.05, 0.1) is 12.7 Å². The van der Waals surface area contributed by atoms with Gasteiger partial charge < -0.3 is 14.8 Å². The number of halogens is 1. The van der Waals surface area contributed by atoms with E-state index in [1.165, 1.54) is 31.5 Å². The lowest BCUT2D eigenvalue weighted by Gasteiger charge is -2.09. The Morgan fingerprint density at radius 2 is 2.11 bits per heavy atom. The van der Waals surface area contributed by atoms with Crippen molar-refractivity contribution in [3.05, 3.63) is 52.2 Å². The summed E-state index contributed by atoms with van der Waals surface area (Å²) in [7, 11) is 1.31. The Morgan fingerprint density at radius 3 is 2.74 bits per heavy atom. The highest BCUT2D eigenvalue weighted by Gasteiger charge is 2.17. The molecule has 0 aliphatic heterocycles. The maximum atomic E-state index is 14.1. The van der Waals surface area contributed by atoms with Crippen molar-refractivity contribution in [2.45, 2.75) is 0 Å². The number of rotatable bonds is 3. The van der Waals surface area contributed by atoms with E-state index in [-0.39, 0.29) is 22.4 Å². The quantitative estimate of drug-likeness (QED) is 0.886. The molecule has 2 N–H and O–H groups in total. The predicted molar refractivity (Wildman–Crippen MR) is 66.0 cm³/mol. The van der Waals surface area contributed by atoms with Crippen molar-refractivity contribution in [1.82, 2.24) is 4.98 Å². The lowest BCUT2D eigenvalue weighted by molar-refractivity contribution is 0.0697. The van der Waals surface area contributed by atoms with Crippen LogP contribution in [0.2, 0.25) is 0 Å². The van der Waals surface area contributed by atoms with Gasteiger partial charge in [0.25, 0.3) is 0 Å². The normalized spacial score (nSPS) is 10.2. The molecule has 6 heteroatoms. The fourth-order valence-corrected chi connectivity index (χ4v) is 1.75. The molecule has 2 aromatic rings. The number of ether oxygens (including phenoxy) is 1. The Bertz CT molecular complexity index is 693. The van der Waals surface area contributed by atoms with Crippen LogP contribution < -0.4 is 10.3 Å². The van der Waals surface area contributed by atoms with Gasteiger partial charge >= 0.3 is 5.97 Å². The molecular weight excluding hydrogens is 253 g/mol. The van der Waals surface area contributed by atoms with Gasteiger partial charge in [0.2, 0.25) is 5.56 Å². The van der Waals surface area contributed by atoms with Gasteiger partial charge in [0.15, 0.2) is 11.6 Å². The van der Waals surface area contributed by atoms with E-state index < -0.39 is 17.3 Å². The number of hydrogen-bond acceptors (Lipinski definition) is 3. The first-order valence-corrected chi connectivity index (χ1v) is 5.33. The van der Waals surface area contributed by atoms with Gasteiger partial charge in [-0.25, -0.2) is 9.18 Å². The number of carbonyl (C=O) groups is 1. The van der Waals surface area contributed by atoms with Gasteiger partial charge in [-0.1, -0.05) is 12.1 Å². The van der Waals surface area contributed by atoms with E-state index in [4.69, 9.17) is 9.84 Å². The maximum Gasteiger partial charge on any atom is 0.336 e. The zero-order valence-electron chi connectivity index (χ0n) is 9.94. The molecule has 0 atom stereocenters. The summed E-state index contributed by atoms with van der Waals surface area (Å²) in [4.78, 5) is 24.6. The number of pyridine rings is 1. The molecule has 0 radical (unpaired) electrons. The van der Waals surface area contributed by atoms with Crippen LogP contribution in [-0.4, -0.2) is 23.2 Å². The van der Waals surface area contributed by atoms with E-state index in [1.807, 2.05) is 0 Å². The number of hydrogen-bond donors (Lipinski definition) is 2. The van der Waals surface area contributed by atoms with Gasteiger partial charge in [0, 0.05) is 23.4 Å². The molecule has 0 unspecified atom stereocenters. The number of aromatic nitrogens is 1. The third-order valence-electron chi connectivity index (χ3n) is 2.63. The molecule has 0 spiro atoms. The molecule has 0 saturated heterocycles. The summed E-state index contributed by atoms with van der Waals surface area (Å²) in [6.45, 7) is 0. The average molecular weight is 263 g/mol. The molecule has 0 aliphatic carbocycles. The van der Waals surface area contributed by atoms with Gasteiger partial charge in [0.1, 0.15) is 0 Å². The molecule has 19 heavy (non-hydrogen) atoms. The van der Waals surface area contributed by atoms with Crippen molar-refractivity contribution in [2.24, 2.45) is 0 Å². The predicted octanol–water partition coefficient (Wildman–Crippen LogP) is 1.89. The molecule has 0 saturated carbocycles. The number of H-pyrrole nitrogens is 1. The molecule has 1 aromatic heterocycles. The molecular formula is C13H10FNO4. The first kappa shape index (κ1) is 12.8. The number of aromatic carboxylic acids is 1. The van der Waals surface area contributed by atoms with Crippen molar-refractivity contribution in [2.75, 3.05) is 7.11 Å². The Hall–Kier alpha value is -2.63. The summed E-state index contributed by atoms with van der Waals surface area (Å²) >= 11 is 0. The third kappa shape index (κ3) is 2.33. The minimum absolute atomic E-state index is 0.0000359. The van der Waals surface area contributed by atoms with Gasteiger partial charge in [-0.05, 0) is 6.07 Å². The Morgan fingerprint density at radius 1 is 1.37 bits per heavy atom. The standard InChI is InChI=1S/C13H10FNO4/c1-19-10-4-2-3-7(12(10)14)9-6-15-11(16)5-8(9)13(17)18/h2-6H,1H3,(H,15,16)(H,17,18). The number of aromatic amines is 1. The number of carboxylic acids is 1. The average Bonchev–Trinajstić information content (AvgIpc) is 2.39. The molecule has 1 aromatic carbocycles. The van der Waals surface area contributed by atoms with Crippen LogP contribution in [0, 0.1) is 5.82 Å². The lowest BCUT2D eigenvalue weighted by atomic mass is 10.0. The molecule has 0 amide bonds. The summed E-state index contributed by atoms with van der Waals surface area (Å²) in [6, 6.07) is 5.29. The number of benzene rings is 1. The molecule has 1 heterocycles. The largest absolute Gasteiger partial charge is 0.494 e. The van der Waals surface area contributed by atoms with Crippen LogP contribution in [0.5, 0.6) is 5.75 Å². The van der Waals surface area contributed by atoms with E-state index in [1.54, 1.807) is 0 Å². The molecule has 98 valence electrons. The Labute approximate surface area is 107 Å². The monoisotopic (exact) mass is 263 g/mol. The molecule has 0 aliphatic rings. The molecule has 0 fully saturated rings. The SMILES string of the molecule is COc1cccc(-c2c[nH]c(=O)cc2C(=O)O)c1F. The van der Waals surface area contributed by atoms with Crippen LogP contribution in [0.1, 0.15) is 10.4 Å². The first-order chi connectivity index (χ1) is 9.04. The Balaban J connectivity index is 2.72. The van der Waals surface area contributed by atoms with E-state index >= 15 is 0 Å². The maximum absolute atomic E-state index is 14.1. The van der Waals surface area contributed by atoms with Crippen molar-refractivity contribution in [3.63, 3.8) is 0 Å². The minimum Gasteiger partial charge on any atom is -0.494 e. The topological polar surface area (TPSA) is 79.4 Å². The fraction of sp³-hybridized carbons (Fsp3) is 0.0769. The second-order valence-electron chi connectivity index (χ2n) is 3.75. The van der Waals surface area contributed by atoms with Crippen LogP contribution >= 0.6 is 0 Å². The van der Waals surface area contributed by atoms with Crippen molar-refractivity contribution < 1.29 is 19.0 Å². The van der Waals surface area contributed by atoms with Crippen molar-refractivity contribution in [3.8, 4) is 16.9 Å². The number of carboxylic acid groups (broad SMARTS) is 1. The highest BCUT2D eigenvalue weighted by Crippen LogP contribution is 2.30. The zero-order valence-corrected chi connectivity index (χ0v) is 9.94. The zero-order chi connectivity index (χ0) is 14.0. The molecule has 2 rings (SSSR count). The summed E-state index contributed by atoms with van der Waals surface area (Å²) < 4.78 is 18.9. The second kappa shape index (κ2) is 4.93. The van der Waals surface area contributed by atoms with E-state index in [0.29, 0.717) is 0 Å². The highest BCUT2D eigenvalue weighted by molar-refractivity contribution is 5.95. The first-order valence-electron chi connectivity index (χ1n) is 5.33. The molecule has 5 nitrogen and oxygen atoms in total. The molecule has 0 bridgehead atoms. The van der Waals surface area contributed by atoms with Crippen LogP contribution in [0.25, 0.3) is 11.1 Å². The van der Waals surface area contributed by atoms with Gasteiger partial charge in [-0.15, -0.1) is 0 Å². The smallest absolute Gasteiger partial charge is 0.336 e. The van der Waals surface area contributed by atoms with Gasteiger partial charge in [-0.3, -0.25) is 4.79 Å². The summed E-state index contributed by atoms with van der Waals surface area (Å²) in [5.41, 5.74) is -0.697. The van der Waals surface area contributed by atoms with E-state index in [0.717, 1.165) is 6.07 Å². The van der Waals surface area contributed by atoms with E-state index in [2.05, 4.69) is 4.98 Å². The van der Waals surface area contributed by atoms with Crippen LogP contribution in [0.4, 0.5) is 4.39 Å².